The molecule has 0 aliphatic carbocycles. The van der Waals surface area contributed by atoms with Gasteiger partial charge in [0.05, 0.1) is 23.2 Å². The van der Waals surface area contributed by atoms with Crippen molar-refractivity contribution in [2.45, 2.75) is 26.8 Å². The zero-order valence-corrected chi connectivity index (χ0v) is 19.7. The van der Waals surface area contributed by atoms with Crippen LogP contribution in [0.1, 0.15) is 37.9 Å². The van der Waals surface area contributed by atoms with Crippen molar-refractivity contribution in [3.05, 3.63) is 70.0 Å². The first-order valence-corrected chi connectivity index (χ1v) is 11.4. The van der Waals surface area contributed by atoms with Crippen LogP contribution >= 0.6 is 11.6 Å². The van der Waals surface area contributed by atoms with Gasteiger partial charge in [-0.15, -0.1) is 0 Å². The third-order valence-electron chi connectivity index (χ3n) is 5.80. The van der Waals surface area contributed by atoms with E-state index in [-0.39, 0.29) is 28.3 Å². The summed E-state index contributed by atoms with van der Waals surface area (Å²) in [5.41, 5.74) is 0.228. The number of amides is 1. The Labute approximate surface area is 198 Å². The average molecular weight is 475 g/mol. The zero-order chi connectivity index (χ0) is 24.1. The Morgan fingerprint density at radius 3 is 2.45 bits per heavy atom. The third kappa shape index (κ3) is 5.04. The molecule has 2 aromatic rings. The number of halogens is 2. The zero-order valence-electron chi connectivity index (χ0n) is 19.0. The first-order valence-electron chi connectivity index (χ1n) is 11.0. The van der Waals surface area contributed by atoms with Crippen molar-refractivity contribution in [1.29, 1.82) is 0 Å². The number of nitrogens with zero attached hydrogens (tertiary/aromatic N) is 2. The van der Waals surface area contributed by atoms with Gasteiger partial charge >= 0.3 is 0 Å². The van der Waals surface area contributed by atoms with Gasteiger partial charge in [0.2, 0.25) is 0 Å². The summed E-state index contributed by atoms with van der Waals surface area (Å²) in [4.78, 5) is 29.5. The molecule has 0 unspecified atom stereocenters. The van der Waals surface area contributed by atoms with Gasteiger partial charge < -0.3 is 19.6 Å². The molecule has 6 nitrogen and oxygen atoms in total. The summed E-state index contributed by atoms with van der Waals surface area (Å²) in [5, 5.41) is 11.4. The molecule has 0 spiro atoms. The fourth-order valence-electron chi connectivity index (χ4n) is 4.00. The van der Waals surface area contributed by atoms with E-state index in [9.17, 15) is 19.1 Å². The maximum absolute atomic E-state index is 14.8. The molecule has 176 valence electrons. The molecule has 0 saturated carbocycles. The first-order chi connectivity index (χ1) is 15.8. The van der Waals surface area contributed by atoms with Crippen molar-refractivity contribution < 1.29 is 23.8 Å². The van der Waals surface area contributed by atoms with E-state index < -0.39 is 29.3 Å². The molecule has 1 saturated heterocycles. The highest BCUT2D eigenvalue weighted by molar-refractivity contribution is 6.46. The number of Topliss-reactive ketones (excluding diaryl/α,β-unsaturated/α-hetero) is 1. The summed E-state index contributed by atoms with van der Waals surface area (Å²) in [6.45, 7) is 8.51. The number of rotatable bonds is 9. The molecule has 0 radical (unpaired) electrons. The van der Waals surface area contributed by atoms with Crippen LogP contribution in [0.2, 0.25) is 5.02 Å². The van der Waals surface area contributed by atoms with E-state index in [2.05, 4.69) is 4.90 Å². The van der Waals surface area contributed by atoms with Gasteiger partial charge in [-0.2, -0.15) is 0 Å². The summed E-state index contributed by atoms with van der Waals surface area (Å²) in [7, 11) is 0. The van der Waals surface area contributed by atoms with Crippen LogP contribution in [0.25, 0.3) is 5.76 Å². The van der Waals surface area contributed by atoms with Crippen molar-refractivity contribution in [3.8, 4) is 5.75 Å². The Hall–Kier alpha value is -2.90. The summed E-state index contributed by atoms with van der Waals surface area (Å²) >= 11 is 6.26. The summed E-state index contributed by atoms with van der Waals surface area (Å²) in [6, 6.07) is 9.51. The monoisotopic (exact) mass is 474 g/mol. The van der Waals surface area contributed by atoms with E-state index in [0.29, 0.717) is 18.9 Å². The molecule has 2 aromatic carbocycles. The number of carbonyl (C=O) groups excluding carboxylic acids is 2. The first kappa shape index (κ1) is 24.7. The fraction of sp³-hybridized carbons (Fsp3) is 0.360. The van der Waals surface area contributed by atoms with Crippen molar-refractivity contribution in [2.75, 3.05) is 32.8 Å². The molecular formula is C25H28ClFN2O4. The molecule has 1 amide bonds. The van der Waals surface area contributed by atoms with Gasteiger partial charge in [-0.05, 0) is 44.3 Å². The lowest BCUT2D eigenvalue weighted by molar-refractivity contribution is -0.140. The van der Waals surface area contributed by atoms with Crippen molar-refractivity contribution in [2.24, 2.45) is 0 Å². The molecule has 3 rings (SSSR count). The van der Waals surface area contributed by atoms with Crippen molar-refractivity contribution in [1.82, 2.24) is 9.80 Å². The smallest absolute Gasteiger partial charge is 0.295 e. The lowest BCUT2D eigenvalue weighted by Gasteiger charge is -2.28. The summed E-state index contributed by atoms with van der Waals surface area (Å²) in [5.74, 6) is -2.16. The number of likely N-dealkylation sites (tertiary alicyclic amines) is 1. The van der Waals surface area contributed by atoms with Gasteiger partial charge in [0.1, 0.15) is 17.3 Å². The van der Waals surface area contributed by atoms with Crippen LogP contribution in [0.4, 0.5) is 4.39 Å². The van der Waals surface area contributed by atoms with E-state index in [1.54, 1.807) is 18.2 Å². The van der Waals surface area contributed by atoms with Crippen molar-refractivity contribution >= 4 is 29.1 Å². The van der Waals surface area contributed by atoms with Crippen LogP contribution in [0.15, 0.2) is 48.0 Å². The number of ether oxygens (including phenoxy) is 1. The van der Waals surface area contributed by atoms with Gasteiger partial charge in [-0.1, -0.05) is 43.6 Å². The number of likely N-dealkylation sites (N-methyl/N-ethyl adjacent to an activating group) is 1. The van der Waals surface area contributed by atoms with Crippen LogP contribution in [0.5, 0.6) is 5.75 Å². The minimum atomic E-state index is -1.05. The predicted molar refractivity (Wildman–Crippen MR) is 126 cm³/mol. The molecule has 1 N–H and O–H groups in total. The highest BCUT2D eigenvalue weighted by Gasteiger charge is 2.46. The molecule has 1 heterocycles. The van der Waals surface area contributed by atoms with E-state index in [4.69, 9.17) is 16.3 Å². The third-order valence-corrected chi connectivity index (χ3v) is 6.09. The minimum absolute atomic E-state index is 0.148. The van der Waals surface area contributed by atoms with Crippen LogP contribution < -0.4 is 4.74 Å². The van der Waals surface area contributed by atoms with E-state index in [0.717, 1.165) is 13.1 Å². The Bertz CT molecular complexity index is 1070. The second kappa shape index (κ2) is 10.8. The van der Waals surface area contributed by atoms with E-state index in [1.807, 2.05) is 20.8 Å². The Kier molecular flexibility index (Phi) is 8.10. The van der Waals surface area contributed by atoms with Crippen LogP contribution in [0.3, 0.4) is 0 Å². The maximum atomic E-state index is 14.8. The Morgan fingerprint density at radius 2 is 1.85 bits per heavy atom. The van der Waals surface area contributed by atoms with Gasteiger partial charge in [0.25, 0.3) is 11.7 Å². The number of hydrogen-bond acceptors (Lipinski definition) is 5. The number of aliphatic hydroxyl groups excluding tert-OH is 1. The summed E-state index contributed by atoms with van der Waals surface area (Å²) in [6.07, 6.45) is 0. The van der Waals surface area contributed by atoms with Gasteiger partial charge in [0, 0.05) is 24.2 Å². The molecule has 0 bridgehead atoms. The van der Waals surface area contributed by atoms with Gasteiger partial charge in [-0.25, -0.2) is 4.39 Å². The van der Waals surface area contributed by atoms with Gasteiger partial charge in [0.15, 0.2) is 0 Å². The number of benzene rings is 2. The van der Waals surface area contributed by atoms with Crippen LogP contribution in [-0.4, -0.2) is 59.4 Å². The maximum Gasteiger partial charge on any atom is 0.295 e. The predicted octanol–water partition coefficient (Wildman–Crippen LogP) is 4.64. The topological polar surface area (TPSA) is 70.1 Å². The highest BCUT2D eigenvalue weighted by Crippen LogP contribution is 2.41. The molecule has 1 aliphatic rings. The molecule has 1 atom stereocenters. The molecule has 1 fully saturated rings. The molecule has 1 aliphatic heterocycles. The lowest BCUT2D eigenvalue weighted by Crippen LogP contribution is -2.38. The SMILES string of the molecule is CCOc1ccc(C(O)=C2C(=O)C(=O)N(CCN(CC)CC)[C@@H]2c2ccccc2F)cc1Cl. The standard InChI is InChI=1S/C25H28ClFN2O4/c1-4-28(5-2)13-14-29-22(17-9-7-8-10-19(17)27)21(24(31)25(29)32)23(30)16-11-12-20(33-6-3)18(26)15-16/h7-12,15,22,30H,4-6,13-14H2,1-3H3/t22-/m1/s1. The lowest BCUT2D eigenvalue weighted by atomic mass is 9.95. The van der Waals surface area contributed by atoms with E-state index >= 15 is 0 Å². The quantitative estimate of drug-likeness (QED) is 0.325. The van der Waals surface area contributed by atoms with Gasteiger partial charge in [-0.3, -0.25) is 9.59 Å². The summed E-state index contributed by atoms with van der Waals surface area (Å²) < 4.78 is 20.3. The normalized spacial score (nSPS) is 17.8. The molecular weight excluding hydrogens is 447 g/mol. The number of carbonyl (C=O) groups is 2. The van der Waals surface area contributed by atoms with Crippen LogP contribution in [-0.2, 0) is 9.59 Å². The highest BCUT2D eigenvalue weighted by atomic mass is 35.5. The second-order valence-electron chi connectivity index (χ2n) is 7.62. The van der Waals surface area contributed by atoms with E-state index in [1.165, 1.54) is 29.2 Å². The molecule has 0 aromatic heterocycles. The average Bonchev–Trinajstić information content (AvgIpc) is 3.06. The number of ketones is 1. The van der Waals surface area contributed by atoms with Crippen LogP contribution in [0, 0.1) is 5.82 Å². The molecule has 33 heavy (non-hydrogen) atoms. The van der Waals surface area contributed by atoms with Crippen molar-refractivity contribution in [3.63, 3.8) is 0 Å². The number of hydrogen-bond donors (Lipinski definition) is 1. The fourth-order valence-corrected chi connectivity index (χ4v) is 4.23. The largest absolute Gasteiger partial charge is 0.507 e. The Morgan fingerprint density at radius 1 is 1.15 bits per heavy atom. The molecule has 8 heteroatoms. The second-order valence-corrected chi connectivity index (χ2v) is 8.03. The minimum Gasteiger partial charge on any atom is -0.507 e. The number of aliphatic hydroxyl groups is 1. The Balaban J connectivity index is 2.11.